The molecule has 1 aliphatic carbocycles. The molecule has 132 valence electrons. The molecular formula is C19H21BrN2O3. The van der Waals surface area contributed by atoms with Gasteiger partial charge in [0.2, 0.25) is 5.91 Å². The van der Waals surface area contributed by atoms with Gasteiger partial charge < -0.3 is 9.73 Å². The van der Waals surface area contributed by atoms with E-state index in [1.807, 2.05) is 25.1 Å². The number of nitrogens with zero attached hydrogens (tertiary/aromatic N) is 1. The van der Waals surface area contributed by atoms with Crippen molar-refractivity contribution in [2.24, 2.45) is 5.92 Å². The van der Waals surface area contributed by atoms with Gasteiger partial charge in [0.1, 0.15) is 5.58 Å². The maximum absolute atomic E-state index is 13.2. The average molecular weight is 405 g/mol. The molecule has 25 heavy (non-hydrogen) atoms. The summed E-state index contributed by atoms with van der Waals surface area (Å²) < 4.78 is 6.75. The fourth-order valence-corrected chi connectivity index (χ4v) is 3.89. The summed E-state index contributed by atoms with van der Waals surface area (Å²) in [4.78, 5) is 27.6. The summed E-state index contributed by atoms with van der Waals surface area (Å²) in [7, 11) is 0. The van der Waals surface area contributed by atoms with E-state index in [4.69, 9.17) is 4.42 Å². The Hall–Kier alpha value is -1.66. The molecule has 1 aromatic heterocycles. The Morgan fingerprint density at radius 3 is 2.76 bits per heavy atom. The van der Waals surface area contributed by atoms with Gasteiger partial charge in [0, 0.05) is 28.0 Å². The van der Waals surface area contributed by atoms with E-state index in [-0.39, 0.29) is 29.5 Å². The fourth-order valence-electron chi connectivity index (χ4n) is 3.55. The van der Waals surface area contributed by atoms with Gasteiger partial charge in [0.25, 0.3) is 5.91 Å². The minimum Gasteiger partial charge on any atom is -0.451 e. The number of nitrogens with one attached hydrogen (secondary N) is 1. The lowest BCUT2D eigenvalue weighted by molar-refractivity contribution is -0.133. The number of benzene rings is 1. The number of amides is 2. The van der Waals surface area contributed by atoms with Crippen LogP contribution in [0.2, 0.25) is 0 Å². The van der Waals surface area contributed by atoms with Gasteiger partial charge in [-0.05, 0) is 57.4 Å². The summed E-state index contributed by atoms with van der Waals surface area (Å²) in [6.45, 7) is 3.48. The highest BCUT2D eigenvalue weighted by Crippen LogP contribution is 2.34. The Morgan fingerprint density at radius 1 is 1.28 bits per heavy atom. The van der Waals surface area contributed by atoms with Crippen LogP contribution in [0, 0.1) is 12.8 Å². The Morgan fingerprint density at radius 2 is 2.08 bits per heavy atom. The molecule has 2 aromatic rings. The van der Waals surface area contributed by atoms with Crippen molar-refractivity contribution >= 4 is 38.7 Å². The molecule has 2 heterocycles. The normalized spacial score (nSPS) is 20.6. The quantitative estimate of drug-likeness (QED) is 0.793. The number of hydrogen-bond donors (Lipinski definition) is 1. The van der Waals surface area contributed by atoms with Crippen LogP contribution >= 0.6 is 15.9 Å². The van der Waals surface area contributed by atoms with Crippen molar-refractivity contribution < 1.29 is 14.0 Å². The zero-order valence-corrected chi connectivity index (χ0v) is 15.8. The highest BCUT2D eigenvalue weighted by molar-refractivity contribution is 9.10. The van der Waals surface area contributed by atoms with E-state index in [1.54, 1.807) is 0 Å². The largest absolute Gasteiger partial charge is 0.451 e. The SMILES string of the molecule is Cc1c(C(=O)N(C(=O)C2CCCNC2)C2CC2)oc2cc(Br)ccc12. The summed E-state index contributed by atoms with van der Waals surface area (Å²) in [6.07, 6.45) is 3.60. The third-order valence-corrected chi connectivity index (χ3v) is 5.60. The Bertz CT molecular complexity index is 835. The lowest BCUT2D eigenvalue weighted by atomic mass is 9.97. The molecular weight excluding hydrogens is 384 g/mol. The van der Waals surface area contributed by atoms with E-state index >= 15 is 0 Å². The number of rotatable bonds is 3. The molecule has 1 aromatic carbocycles. The van der Waals surface area contributed by atoms with Crippen LogP contribution in [0.25, 0.3) is 11.0 Å². The Labute approximate surface area is 154 Å². The van der Waals surface area contributed by atoms with Crippen LogP contribution in [-0.4, -0.2) is 35.8 Å². The molecule has 0 bridgehead atoms. The van der Waals surface area contributed by atoms with Crippen LogP contribution in [0.15, 0.2) is 27.1 Å². The van der Waals surface area contributed by atoms with Crippen LogP contribution in [-0.2, 0) is 4.79 Å². The van der Waals surface area contributed by atoms with E-state index in [9.17, 15) is 9.59 Å². The van der Waals surface area contributed by atoms with Gasteiger partial charge in [-0.15, -0.1) is 0 Å². The molecule has 0 radical (unpaired) electrons. The second-order valence-corrected chi connectivity index (χ2v) is 7.90. The summed E-state index contributed by atoms with van der Waals surface area (Å²) >= 11 is 3.42. The zero-order chi connectivity index (χ0) is 17.6. The summed E-state index contributed by atoms with van der Waals surface area (Å²) in [5.41, 5.74) is 1.46. The first-order chi connectivity index (χ1) is 12.1. The number of piperidine rings is 1. The van der Waals surface area contributed by atoms with E-state index < -0.39 is 0 Å². The van der Waals surface area contributed by atoms with E-state index in [2.05, 4.69) is 21.2 Å². The van der Waals surface area contributed by atoms with Gasteiger partial charge in [-0.1, -0.05) is 15.9 Å². The maximum atomic E-state index is 13.2. The lowest BCUT2D eigenvalue weighted by Crippen LogP contribution is -2.46. The summed E-state index contributed by atoms with van der Waals surface area (Å²) in [5.74, 6) is -0.169. The zero-order valence-electron chi connectivity index (χ0n) is 14.2. The highest BCUT2D eigenvalue weighted by Gasteiger charge is 2.42. The Kier molecular flexibility index (Phi) is 4.41. The van der Waals surface area contributed by atoms with Crippen LogP contribution in [0.5, 0.6) is 0 Å². The first-order valence-corrected chi connectivity index (χ1v) is 9.62. The summed E-state index contributed by atoms with van der Waals surface area (Å²) in [6, 6.07) is 5.74. The van der Waals surface area contributed by atoms with E-state index in [0.29, 0.717) is 12.1 Å². The topological polar surface area (TPSA) is 62.6 Å². The van der Waals surface area contributed by atoms with Crippen molar-refractivity contribution in [3.8, 4) is 0 Å². The van der Waals surface area contributed by atoms with Crippen molar-refractivity contribution in [1.29, 1.82) is 0 Å². The molecule has 5 nitrogen and oxygen atoms in total. The standard InChI is InChI=1S/C19H21BrN2O3/c1-11-15-7-4-13(20)9-16(15)25-17(11)19(24)22(14-5-6-14)18(23)12-3-2-8-21-10-12/h4,7,9,12,14,21H,2-3,5-6,8,10H2,1H3. The van der Waals surface area contributed by atoms with Gasteiger partial charge in [-0.2, -0.15) is 0 Å². The smallest absolute Gasteiger partial charge is 0.296 e. The average Bonchev–Trinajstić information content (AvgIpc) is 3.39. The van der Waals surface area contributed by atoms with Crippen molar-refractivity contribution in [2.75, 3.05) is 13.1 Å². The monoisotopic (exact) mass is 404 g/mol. The van der Waals surface area contributed by atoms with Gasteiger partial charge in [0.05, 0.1) is 5.92 Å². The fraction of sp³-hybridized carbons (Fsp3) is 0.474. The minimum absolute atomic E-state index is 0.0290. The number of fused-ring (bicyclic) bond motifs is 1. The third-order valence-electron chi connectivity index (χ3n) is 5.11. The van der Waals surface area contributed by atoms with Crippen molar-refractivity contribution in [2.45, 2.75) is 38.6 Å². The van der Waals surface area contributed by atoms with E-state index in [1.165, 1.54) is 4.90 Å². The molecule has 1 saturated heterocycles. The van der Waals surface area contributed by atoms with Crippen LogP contribution in [0.3, 0.4) is 0 Å². The van der Waals surface area contributed by atoms with Crippen LogP contribution < -0.4 is 5.32 Å². The molecule has 1 aliphatic heterocycles. The second kappa shape index (κ2) is 6.57. The number of hydrogen-bond acceptors (Lipinski definition) is 4. The van der Waals surface area contributed by atoms with E-state index in [0.717, 1.165) is 47.7 Å². The van der Waals surface area contributed by atoms with Crippen LogP contribution in [0.1, 0.15) is 41.8 Å². The minimum atomic E-state index is -0.289. The first-order valence-electron chi connectivity index (χ1n) is 8.83. The lowest BCUT2D eigenvalue weighted by Gasteiger charge is -2.28. The van der Waals surface area contributed by atoms with Crippen molar-refractivity contribution in [3.05, 3.63) is 34.0 Å². The molecule has 2 aliphatic rings. The van der Waals surface area contributed by atoms with Gasteiger partial charge in [0.15, 0.2) is 5.76 Å². The number of furan rings is 1. The van der Waals surface area contributed by atoms with Crippen molar-refractivity contribution in [3.63, 3.8) is 0 Å². The number of carbonyl (C=O) groups is 2. The summed E-state index contributed by atoms with van der Waals surface area (Å²) in [5, 5.41) is 4.17. The molecule has 1 unspecified atom stereocenters. The highest BCUT2D eigenvalue weighted by atomic mass is 79.9. The van der Waals surface area contributed by atoms with Gasteiger partial charge in [-0.3, -0.25) is 14.5 Å². The number of carbonyl (C=O) groups excluding carboxylic acids is 2. The molecule has 1 N–H and O–H groups in total. The first kappa shape index (κ1) is 16.8. The van der Waals surface area contributed by atoms with Crippen molar-refractivity contribution in [1.82, 2.24) is 10.2 Å². The molecule has 2 amide bonds. The van der Waals surface area contributed by atoms with Crippen LogP contribution in [0.4, 0.5) is 0 Å². The molecule has 4 rings (SSSR count). The van der Waals surface area contributed by atoms with Gasteiger partial charge in [-0.25, -0.2) is 0 Å². The number of aryl methyl sites for hydroxylation is 1. The Balaban J connectivity index is 1.67. The molecule has 1 saturated carbocycles. The molecule has 6 heteroatoms. The molecule has 0 spiro atoms. The molecule has 2 fully saturated rings. The number of halogens is 1. The molecule has 1 atom stereocenters. The third kappa shape index (κ3) is 3.13. The predicted molar refractivity (Wildman–Crippen MR) is 98.4 cm³/mol. The number of imide groups is 1. The second-order valence-electron chi connectivity index (χ2n) is 6.98. The predicted octanol–water partition coefficient (Wildman–Crippen LogP) is 3.63. The maximum Gasteiger partial charge on any atom is 0.296 e. The van der Waals surface area contributed by atoms with Gasteiger partial charge >= 0.3 is 0 Å².